The van der Waals surface area contributed by atoms with E-state index in [0.29, 0.717) is 11.4 Å². The van der Waals surface area contributed by atoms with Crippen LogP contribution >= 0.6 is 0 Å². The topological polar surface area (TPSA) is 75.3 Å². The molecule has 0 spiro atoms. The summed E-state index contributed by atoms with van der Waals surface area (Å²) < 4.78 is 24.5. The zero-order valence-electron chi connectivity index (χ0n) is 11.4. The van der Waals surface area contributed by atoms with Crippen LogP contribution in [-0.4, -0.2) is 20.6 Å². The molecular formula is C13H20N2O3S. The normalized spacial score (nSPS) is 12.8. The Morgan fingerprint density at radius 2 is 1.74 bits per heavy atom. The lowest BCUT2D eigenvalue weighted by Crippen LogP contribution is -2.20. The number of rotatable bonds is 6. The molecule has 19 heavy (non-hydrogen) atoms. The van der Waals surface area contributed by atoms with E-state index in [9.17, 15) is 13.2 Å². The van der Waals surface area contributed by atoms with Gasteiger partial charge in [-0.05, 0) is 30.7 Å². The van der Waals surface area contributed by atoms with Crippen LogP contribution in [0, 0.1) is 5.92 Å². The Labute approximate surface area is 114 Å². The molecule has 1 aromatic carbocycles. The summed E-state index contributed by atoms with van der Waals surface area (Å²) in [5, 5.41) is 2.80. The van der Waals surface area contributed by atoms with Crippen molar-refractivity contribution < 1.29 is 13.2 Å². The molecule has 0 saturated heterocycles. The third-order valence-electron chi connectivity index (χ3n) is 2.62. The quantitative estimate of drug-likeness (QED) is 0.842. The highest BCUT2D eigenvalue weighted by atomic mass is 32.2. The Morgan fingerprint density at radius 1 is 1.21 bits per heavy atom. The van der Waals surface area contributed by atoms with Crippen LogP contribution in [0.2, 0.25) is 0 Å². The van der Waals surface area contributed by atoms with Gasteiger partial charge in [0.15, 0.2) is 0 Å². The summed E-state index contributed by atoms with van der Waals surface area (Å²) in [5.41, 5.74) is 1.13. The minimum atomic E-state index is -3.27. The van der Waals surface area contributed by atoms with Crippen LogP contribution in [-0.2, 0) is 14.8 Å². The van der Waals surface area contributed by atoms with E-state index in [1.54, 1.807) is 24.3 Å². The summed E-state index contributed by atoms with van der Waals surface area (Å²) in [7, 11) is -3.27. The molecule has 0 aliphatic heterocycles. The fraction of sp³-hybridized carbons (Fsp3) is 0.462. The molecule has 1 atom stereocenters. The predicted molar refractivity (Wildman–Crippen MR) is 77.6 cm³/mol. The summed E-state index contributed by atoms with van der Waals surface area (Å²) >= 11 is 0. The predicted octanol–water partition coefficient (Wildman–Crippen LogP) is 2.43. The third-order valence-corrected chi connectivity index (χ3v) is 3.23. The Balaban J connectivity index is 2.64. The van der Waals surface area contributed by atoms with Gasteiger partial charge in [-0.25, -0.2) is 8.42 Å². The number of nitrogens with one attached hydrogen (secondary N) is 2. The largest absolute Gasteiger partial charge is 0.326 e. The highest BCUT2D eigenvalue weighted by Crippen LogP contribution is 2.16. The molecule has 0 aliphatic carbocycles. The fourth-order valence-electron chi connectivity index (χ4n) is 1.67. The number of carbonyl (C=O) groups excluding carboxylic acids is 1. The summed E-state index contributed by atoms with van der Waals surface area (Å²) in [6.07, 6.45) is 2.90. The second kappa shape index (κ2) is 6.56. The first-order chi connectivity index (χ1) is 8.81. The lowest BCUT2D eigenvalue weighted by atomic mass is 10.1. The molecule has 106 valence electrons. The smallest absolute Gasteiger partial charge is 0.229 e. The number of sulfonamides is 1. The van der Waals surface area contributed by atoms with Crippen LogP contribution in [0.1, 0.15) is 26.7 Å². The number of anilines is 2. The van der Waals surface area contributed by atoms with Crippen molar-refractivity contribution in [3.8, 4) is 0 Å². The first kappa shape index (κ1) is 15.5. The maximum Gasteiger partial charge on any atom is 0.229 e. The molecule has 1 rings (SSSR count). The molecule has 1 unspecified atom stereocenters. The van der Waals surface area contributed by atoms with E-state index >= 15 is 0 Å². The third kappa shape index (κ3) is 5.74. The van der Waals surface area contributed by atoms with Gasteiger partial charge in [0.05, 0.1) is 6.26 Å². The number of hydrogen-bond donors (Lipinski definition) is 2. The van der Waals surface area contributed by atoms with Crippen molar-refractivity contribution in [2.75, 3.05) is 16.3 Å². The van der Waals surface area contributed by atoms with Gasteiger partial charge in [0.2, 0.25) is 15.9 Å². The van der Waals surface area contributed by atoms with Crippen molar-refractivity contribution in [3.05, 3.63) is 24.3 Å². The molecule has 5 nitrogen and oxygen atoms in total. The van der Waals surface area contributed by atoms with Crippen molar-refractivity contribution in [1.29, 1.82) is 0 Å². The van der Waals surface area contributed by atoms with E-state index < -0.39 is 10.0 Å². The zero-order valence-corrected chi connectivity index (χ0v) is 12.3. The molecule has 0 saturated carbocycles. The Kier molecular flexibility index (Phi) is 5.35. The van der Waals surface area contributed by atoms with Gasteiger partial charge >= 0.3 is 0 Å². The minimum Gasteiger partial charge on any atom is -0.326 e. The molecule has 0 radical (unpaired) electrons. The van der Waals surface area contributed by atoms with Gasteiger partial charge in [-0.3, -0.25) is 9.52 Å². The summed E-state index contributed by atoms with van der Waals surface area (Å²) in [5.74, 6) is -0.0514. The number of benzene rings is 1. The first-order valence-electron chi connectivity index (χ1n) is 6.20. The Morgan fingerprint density at radius 3 is 2.21 bits per heavy atom. The summed E-state index contributed by atoms with van der Waals surface area (Å²) in [6.45, 7) is 3.92. The Bertz CT molecular complexity index is 523. The first-order valence-corrected chi connectivity index (χ1v) is 8.09. The van der Waals surface area contributed by atoms with E-state index in [2.05, 4.69) is 10.0 Å². The van der Waals surface area contributed by atoms with Crippen molar-refractivity contribution in [2.45, 2.75) is 26.7 Å². The lowest BCUT2D eigenvalue weighted by Gasteiger charge is -2.11. The lowest BCUT2D eigenvalue weighted by molar-refractivity contribution is -0.119. The van der Waals surface area contributed by atoms with Crippen LogP contribution in [0.25, 0.3) is 0 Å². The van der Waals surface area contributed by atoms with Gasteiger partial charge in [0.25, 0.3) is 0 Å². The molecule has 0 fully saturated rings. The molecule has 1 aromatic rings. The van der Waals surface area contributed by atoms with E-state index in [1.807, 2.05) is 13.8 Å². The second-order valence-electron chi connectivity index (χ2n) is 4.63. The van der Waals surface area contributed by atoms with E-state index in [4.69, 9.17) is 0 Å². The van der Waals surface area contributed by atoms with Crippen molar-refractivity contribution in [2.24, 2.45) is 5.92 Å². The monoisotopic (exact) mass is 284 g/mol. The van der Waals surface area contributed by atoms with Gasteiger partial charge < -0.3 is 5.32 Å². The van der Waals surface area contributed by atoms with E-state index in [-0.39, 0.29) is 11.8 Å². The van der Waals surface area contributed by atoms with Crippen LogP contribution in [0.4, 0.5) is 11.4 Å². The summed E-state index contributed by atoms with van der Waals surface area (Å²) in [6, 6.07) is 6.57. The molecule has 0 aromatic heterocycles. The Hall–Kier alpha value is -1.56. The van der Waals surface area contributed by atoms with Gasteiger partial charge in [-0.15, -0.1) is 0 Å². The van der Waals surface area contributed by atoms with Crippen LogP contribution in [0.15, 0.2) is 24.3 Å². The molecule has 6 heteroatoms. The molecule has 0 bridgehead atoms. The zero-order chi connectivity index (χ0) is 14.5. The standard InChI is InChI=1S/C13H20N2O3S/c1-4-5-10(2)13(16)14-11-6-8-12(9-7-11)15-19(3,17)18/h6-10,15H,4-5H2,1-3H3,(H,14,16). The average Bonchev–Trinajstić information content (AvgIpc) is 2.30. The molecule has 0 aliphatic rings. The van der Waals surface area contributed by atoms with Crippen LogP contribution < -0.4 is 10.0 Å². The summed E-state index contributed by atoms with van der Waals surface area (Å²) in [4.78, 5) is 11.8. The highest BCUT2D eigenvalue weighted by molar-refractivity contribution is 7.92. The van der Waals surface area contributed by atoms with Gasteiger partial charge in [0, 0.05) is 17.3 Å². The van der Waals surface area contributed by atoms with Gasteiger partial charge in [0.1, 0.15) is 0 Å². The fourth-order valence-corrected chi connectivity index (χ4v) is 2.23. The van der Waals surface area contributed by atoms with E-state index in [1.165, 1.54) is 0 Å². The maximum absolute atomic E-state index is 11.8. The molecule has 1 amide bonds. The number of hydrogen-bond acceptors (Lipinski definition) is 3. The highest BCUT2D eigenvalue weighted by Gasteiger charge is 2.11. The number of amides is 1. The van der Waals surface area contributed by atoms with Crippen LogP contribution in [0.3, 0.4) is 0 Å². The maximum atomic E-state index is 11.8. The van der Waals surface area contributed by atoms with Crippen molar-refractivity contribution in [1.82, 2.24) is 0 Å². The number of carbonyl (C=O) groups is 1. The van der Waals surface area contributed by atoms with Crippen LogP contribution in [0.5, 0.6) is 0 Å². The van der Waals surface area contributed by atoms with Crippen molar-refractivity contribution >= 4 is 27.3 Å². The van der Waals surface area contributed by atoms with Gasteiger partial charge in [-0.2, -0.15) is 0 Å². The molecule has 2 N–H and O–H groups in total. The van der Waals surface area contributed by atoms with E-state index in [0.717, 1.165) is 19.1 Å². The molecule has 0 heterocycles. The average molecular weight is 284 g/mol. The van der Waals surface area contributed by atoms with Gasteiger partial charge in [-0.1, -0.05) is 20.3 Å². The SMILES string of the molecule is CCCC(C)C(=O)Nc1ccc(NS(C)(=O)=O)cc1. The van der Waals surface area contributed by atoms with Crippen molar-refractivity contribution in [3.63, 3.8) is 0 Å². The molecular weight excluding hydrogens is 264 g/mol. The second-order valence-corrected chi connectivity index (χ2v) is 6.38. The minimum absolute atomic E-state index is 0.0225.